The first-order chi connectivity index (χ1) is 7.13. The molecule has 84 valence electrons. The first kappa shape index (κ1) is 11.6. The standard InChI is InChI=1S/C11H19N3O/c1-3-4-5-8(2)14-11(15)10-6-9(12)7-13-10/h6-8,13H,3-5,12H2,1-2H3,(H,14,15). The van der Waals surface area contributed by atoms with E-state index in [9.17, 15) is 4.79 Å². The Hall–Kier alpha value is -1.45. The Morgan fingerprint density at radius 1 is 1.67 bits per heavy atom. The Balaban J connectivity index is 2.42. The molecule has 1 aromatic heterocycles. The molecule has 1 heterocycles. The lowest BCUT2D eigenvalue weighted by Crippen LogP contribution is -2.32. The minimum atomic E-state index is -0.0877. The topological polar surface area (TPSA) is 70.9 Å². The Kier molecular flexibility index (Phi) is 4.21. The zero-order valence-corrected chi connectivity index (χ0v) is 9.34. The molecule has 0 aliphatic rings. The van der Waals surface area contributed by atoms with E-state index in [0.717, 1.165) is 19.3 Å². The second-order valence-electron chi connectivity index (χ2n) is 3.86. The molecule has 0 saturated carbocycles. The normalized spacial score (nSPS) is 12.4. The molecule has 0 spiro atoms. The van der Waals surface area contributed by atoms with Crippen LogP contribution in [0.2, 0.25) is 0 Å². The maximum atomic E-state index is 11.6. The average Bonchev–Trinajstić information content (AvgIpc) is 2.61. The van der Waals surface area contributed by atoms with Crippen LogP contribution in [-0.2, 0) is 0 Å². The number of nitrogens with one attached hydrogen (secondary N) is 2. The smallest absolute Gasteiger partial charge is 0.267 e. The number of carbonyl (C=O) groups is 1. The number of nitrogens with two attached hydrogens (primary N) is 1. The van der Waals surface area contributed by atoms with E-state index < -0.39 is 0 Å². The van der Waals surface area contributed by atoms with Crippen LogP contribution in [0.15, 0.2) is 12.3 Å². The van der Waals surface area contributed by atoms with E-state index in [1.54, 1.807) is 12.3 Å². The van der Waals surface area contributed by atoms with Crippen LogP contribution in [0.3, 0.4) is 0 Å². The molecule has 0 saturated heterocycles. The number of aromatic amines is 1. The van der Waals surface area contributed by atoms with Crippen molar-refractivity contribution >= 4 is 11.6 Å². The van der Waals surface area contributed by atoms with Gasteiger partial charge in [-0.3, -0.25) is 4.79 Å². The predicted octanol–water partition coefficient (Wildman–Crippen LogP) is 1.91. The second kappa shape index (κ2) is 5.44. The number of rotatable bonds is 5. The molecule has 4 N–H and O–H groups in total. The highest BCUT2D eigenvalue weighted by molar-refractivity contribution is 5.93. The number of hydrogen-bond donors (Lipinski definition) is 3. The van der Waals surface area contributed by atoms with Gasteiger partial charge in [-0.25, -0.2) is 0 Å². The molecule has 4 nitrogen and oxygen atoms in total. The van der Waals surface area contributed by atoms with Gasteiger partial charge in [-0.1, -0.05) is 19.8 Å². The van der Waals surface area contributed by atoms with E-state index in [4.69, 9.17) is 5.73 Å². The van der Waals surface area contributed by atoms with Crippen LogP contribution in [0.1, 0.15) is 43.6 Å². The Morgan fingerprint density at radius 3 is 2.93 bits per heavy atom. The summed E-state index contributed by atoms with van der Waals surface area (Å²) in [7, 11) is 0. The zero-order valence-electron chi connectivity index (χ0n) is 9.34. The molecule has 4 heteroatoms. The van der Waals surface area contributed by atoms with Crippen molar-refractivity contribution in [3.63, 3.8) is 0 Å². The van der Waals surface area contributed by atoms with Crippen molar-refractivity contribution in [2.24, 2.45) is 0 Å². The molecule has 1 amide bonds. The summed E-state index contributed by atoms with van der Waals surface area (Å²) in [5.41, 5.74) is 6.62. The number of nitrogen functional groups attached to an aromatic ring is 1. The van der Waals surface area contributed by atoms with Gasteiger partial charge in [0.25, 0.3) is 5.91 Å². The summed E-state index contributed by atoms with van der Waals surface area (Å²) in [6.07, 6.45) is 4.91. The summed E-state index contributed by atoms with van der Waals surface area (Å²) in [5.74, 6) is -0.0877. The highest BCUT2D eigenvalue weighted by atomic mass is 16.1. The fourth-order valence-electron chi connectivity index (χ4n) is 1.43. The molecular weight excluding hydrogens is 190 g/mol. The summed E-state index contributed by atoms with van der Waals surface area (Å²) in [6.45, 7) is 4.15. The second-order valence-corrected chi connectivity index (χ2v) is 3.86. The monoisotopic (exact) mass is 209 g/mol. The van der Waals surface area contributed by atoms with Gasteiger partial charge in [-0.05, 0) is 19.4 Å². The molecule has 0 aliphatic heterocycles. The van der Waals surface area contributed by atoms with Gasteiger partial charge in [0.1, 0.15) is 5.69 Å². The van der Waals surface area contributed by atoms with E-state index in [1.165, 1.54) is 0 Å². The molecule has 15 heavy (non-hydrogen) atoms. The first-order valence-corrected chi connectivity index (χ1v) is 5.38. The summed E-state index contributed by atoms with van der Waals surface area (Å²) in [6, 6.07) is 1.85. The van der Waals surface area contributed by atoms with Gasteiger partial charge >= 0.3 is 0 Å². The maximum Gasteiger partial charge on any atom is 0.267 e. The Morgan fingerprint density at radius 2 is 2.40 bits per heavy atom. The van der Waals surface area contributed by atoms with E-state index in [1.807, 2.05) is 6.92 Å². The van der Waals surface area contributed by atoms with Crippen molar-refractivity contribution < 1.29 is 4.79 Å². The third-order valence-corrected chi connectivity index (χ3v) is 2.32. The fraction of sp³-hybridized carbons (Fsp3) is 0.545. The van der Waals surface area contributed by atoms with Crippen molar-refractivity contribution in [3.8, 4) is 0 Å². The molecule has 0 aliphatic carbocycles. The molecule has 1 rings (SSSR count). The summed E-state index contributed by atoms with van der Waals surface area (Å²) in [5, 5.41) is 2.92. The zero-order chi connectivity index (χ0) is 11.3. The lowest BCUT2D eigenvalue weighted by Gasteiger charge is -2.12. The highest BCUT2D eigenvalue weighted by Gasteiger charge is 2.10. The number of amides is 1. The van der Waals surface area contributed by atoms with Gasteiger partial charge in [0.15, 0.2) is 0 Å². The van der Waals surface area contributed by atoms with Crippen LogP contribution < -0.4 is 11.1 Å². The van der Waals surface area contributed by atoms with E-state index >= 15 is 0 Å². The van der Waals surface area contributed by atoms with Crippen LogP contribution in [0.25, 0.3) is 0 Å². The van der Waals surface area contributed by atoms with Crippen molar-refractivity contribution in [2.75, 3.05) is 5.73 Å². The molecule has 1 unspecified atom stereocenters. The number of carbonyl (C=O) groups excluding carboxylic acids is 1. The van der Waals surface area contributed by atoms with Crippen molar-refractivity contribution in [3.05, 3.63) is 18.0 Å². The van der Waals surface area contributed by atoms with Crippen LogP contribution in [0.4, 0.5) is 5.69 Å². The quantitative estimate of drug-likeness (QED) is 0.693. The van der Waals surface area contributed by atoms with Crippen LogP contribution in [-0.4, -0.2) is 16.9 Å². The fourth-order valence-corrected chi connectivity index (χ4v) is 1.43. The molecule has 1 aromatic rings. The molecular formula is C11H19N3O. The van der Waals surface area contributed by atoms with Gasteiger partial charge in [0.2, 0.25) is 0 Å². The van der Waals surface area contributed by atoms with Gasteiger partial charge in [0.05, 0.1) is 0 Å². The van der Waals surface area contributed by atoms with Crippen LogP contribution in [0.5, 0.6) is 0 Å². The van der Waals surface area contributed by atoms with E-state index in [0.29, 0.717) is 11.4 Å². The largest absolute Gasteiger partial charge is 0.397 e. The lowest BCUT2D eigenvalue weighted by atomic mass is 10.1. The van der Waals surface area contributed by atoms with Crippen molar-refractivity contribution in [2.45, 2.75) is 39.2 Å². The lowest BCUT2D eigenvalue weighted by molar-refractivity contribution is 0.0933. The number of H-pyrrole nitrogens is 1. The molecule has 0 fully saturated rings. The van der Waals surface area contributed by atoms with Gasteiger partial charge in [0, 0.05) is 17.9 Å². The SMILES string of the molecule is CCCCC(C)NC(=O)c1cc(N)c[nH]1. The minimum absolute atomic E-state index is 0.0877. The number of hydrogen-bond acceptors (Lipinski definition) is 2. The summed E-state index contributed by atoms with van der Waals surface area (Å²) in [4.78, 5) is 14.5. The van der Waals surface area contributed by atoms with Gasteiger partial charge in [-0.2, -0.15) is 0 Å². The van der Waals surface area contributed by atoms with Gasteiger partial charge < -0.3 is 16.0 Å². The molecule has 0 bridgehead atoms. The van der Waals surface area contributed by atoms with Crippen LogP contribution in [0, 0.1) is 0 Å². The highest BCUT2D eigenvalue weighted by Crippen LogP contribution is 2.06. The number of anilines is 1. The van der Waals surface area contributed by atoms with Crippen LogP contribution >= 0.6 is 0 Å². The van der Waals surface area contributed by atoms with Crippen molar-refractivity contribution in [1.82, 2.24) is 10.3 Å². The predicted molar refractivity (Wildman–Crippen MR) is 61.7 cm³/mol. The molecule has 1 atom stereocenters. The third-order valence-electron chi connectivity index (χ3n) is 2.32. The number of aromatic nitrogens is 1. The van der Waals surface area contributed by atoms with E-state index in [-0.39, 0.29) is 11.9 Å². The summed E-state index contributed by atoms with van der Waals surface area (Å²) >= 11 is 0. The van der Waals surface area contributed by atoms with Crippen molar-refractivity contribution in [1.29, 1.82) is 0 Å². The summed E-state index contributed by atoms with van der Waals surface area (Å²) < 4.78 is 0. The minimum Gasteiger partial charge on any atom is -0.397 e. The van der Waals surface area contributed by atoms with Gasteiger partial charge in [-0.15, -0.1) is 0 Å². The third kappa shape index (κ3) is 3.65. The Bertz CT molecular complexity index is 319. The number of unbranched alkanes of at least 4 members (excludes halogenated alkanes) is 1. The molecule has 0 radical (unpaired) electrons. The van der Waals surface area contributed by atoms with E-state index in [2.05, 4.69) is 17.2 Å². The Labute approximate surface area is 90.2 Å². The maximum absolute atomic E-state index is 11.6. The first-order valence-electron chi connectivity index (χ1n) is 5.38. The average molecular weight is 209 g/mol. The molecule has 0 aromatic carbocycles.